The van der Waals surface area contributed by atoms with Crippen molar-refractivity contribution < 1.29 is 22.9 Å². The van der Waals surface area contributed by atoms with Crippen molar-refractivity contribution in [1.82, 2.24) is 0 Å². The molecule has 8 heteroatoms. The fourth-order valence-electron chi connectivity index (χ4n) is 2.25. The third kappa shape index (κ3) is 3.37. The first kappa shape index (κ1) is 16.3. The van der Waals surface area contributed by atoms with E-state index in [1.165, 1.54) is 18.4 Å². The molecule has 1 aromatic heterocycles. The van der Waals surface area contributed by atoms with E-state index in [4.69, 9.17) is 4.42 Å². The van der Waals surface area contributed by atoms with E-state index < -0.39 is 28.2 Å². The maximum Gasteiger partial charge on any atom is 0.285 e. The summed E-state index contributed by atoms with van der Waals surface area (Å²) in [6, 6.07) is 9.75. The molecule has 1 heterocycles. The van der Waals surface area contributed by atoms with E-state index in [-0.39, 0.29) is 11.3 Å². The second kappa shape index (κ2) is 6.52. The van der Waals surface area contributed by atoms with Gasteiger partial charge in [-0.15, -0.1) is 0 Å². The number of furan rings is 1. The Kier molecular flexibility index (Phi) is 4.25. The van der Waals surface area contributed by atoms with E-state index in [1.807, 2.05) is 0 Å². The van der Waals surface area contributed by atoms with Crippen molar-refractivity contribution in [3.8, 4) is 11.3 Å². The molecule has 126 valence electrons. The first-order chi connectivity index (χ1) is 12.0. The molecule has 0 saturated heterocycles. The van der Waals surface area contributed by atoms with Crippen LogP contribution in [0.2, 0.25) is 0 Å². The van der Waals surface area contributed by atoms with E-state index in [2.05, 4.69) is 5.32 Å². The summed E-state index contributed by atoms with van der Waals surface area (Å²) in [4.78, 5) is 22.4. The lowest BCUT2D eigenvalue weighted by atomic mass is 10.1. The highest BCUT2D eigenvalue weighted by atomic mass is 19.1. The van der Waals surface area contributed by atoms with Crippen LogP contribution in [0.4, 0.5) is 20.2 Å². The summed E-state index contributed by atoms with van der Waals surface area (Å²) >= 11 is 0. The standard InChI is InChI=1S/C17H10F2N2O4/c18-11-4-5-12(15(9-11)21(23)24)17(22)20-14-8-10(3-6-13(14)19)16-2-1-7-25-16/h1-9H,(H,20,22). The summed E-state index contributed by atoms with van der Waals surface area (Å²) < 4.78 is 32.3. The van der Waals surface area contributed by atoms with Gasteiger partial charge in [0.05, 0.1) is 22.9 Å². The third-order valence-corrected chi connectivity index (χ3v) is 3.42. The zero-order valence-electron chi connectivity index (χ0n) is 12.5. The highest BCUT2D eigenvalue weighted by molar-refractivity contribution is 6.07. The number of hydrogen-bond acceptors (Lipinski definition) is 4. The van der Waals surface area contributed by atoms with Crippen LogP contribution in [0, 0.1) is 21.7 Å². The van der Waals surface area contributed by atoms with E-state index >= 15 is 0 Å². The Bertz CT molecular complexity index is 955. The quantitative estimate of drug-likeness (QED) is 0.562. The lowest BCUT2D eigenvalue weighted by molar-refractivity contribution is -0.385. The van der Waals surface area contributed by atoms with Crippen molar-refractivity contribution in [1.29, 1.82) is 0 Å². The van der Waals surface area contributed by atoms with Gasteiger partial charge in [0.1, 0.15) is 23.0 Å². The fraction of sp³-hybridized carbons (Fsp3) is 0. The topological polar surface area (TPSA) is 85.4 Å². The molecule has 0 aliphatic heterocycles. The van der Waals surface area contributed by atoms with Gasteiger partial charge >= 0.3 is 0 Å². The lowest BCUT2D eigenvalue weighted by Gasteiger charge is -2.08. The van der Waals surface area contributed by atoms with Crippen LogP contribution in [0.25, 0.3) is 11.3 Å². The van der Waals surface area contributed by atoms with Gasteiger partial charge < -0.3 is 9.73 Å². The molecule has 0 spiro atoms. The van der Waals surface area contributed by atoms with Gasteiger partial charge in [0.2, 0.25) is 0 Å². The number of benzene rings is 2. The van der Waals surface area contributed by atoms with Crippen molar-refractivity contribution >= 4 is 17.3 Å². The zero-order chi connectivity index (χ0) is 18.0. The minimum Gasteiger partial charge on any atom is -0.464 e. The van der Waals surface area contributed by atoms with Crippen LogP contribution in [-0.2, 0) is 0 Å². The molecule has 0 aliphatic rings. The number of carbonyl (C=O) groups excluding carboxylic acids is 1. The van der Waals surface area contributed by atoms with Gasteiger partial charge in [-0.25, -0.2) is 8.78 Å². The van der Waals surface area contributed by atoms with E-state index in [0.29, 0.717) is 17.4 Å². The number of nitrogens with one attached hydrogen (secondary N) is 1. The van der Waals surface area contributed by atoms with E-state index in [1.54, 1.807) is 12.1 Å². The molecule has 3 aromatic rings. The SMILES string of the molecule is O=C(Nc1cc(-c2ccco2)ccc1F)c1ccc(F)cc1[N+](=O)[O-]. The number of carbonyl (C=O) groups is 1. The first-order valence-electron chi connectivity index (χ1n) is 7.04. The van der Waals surface area contributed by atoms with Crippen molar-refractivity contribution in [2.24, 2.45) is 0 Å². The van der Waals surface area contributed by atoms with Gasteiger partial charge in [0.25, 0.3) is 11.6 Å². The molecule has 3 rings (SSSR count). The summed E-state index contributed by atoms with van der Waals surface area (Å²) in [6.45, 7) is 0. The minimum absolute atomic E-state index is 0.183. The number of hydrogen-bond donors (Lipinski definition) is 1. The fourth-order valence-corrected chi connectivity index (χ4v) is 2.25. The molecule has 0 saturated carbocycles. The molecule has 1 amide bonds. The monoisotopic (exact) mass is 344 g/mol. The third-order valence-electron chi connectivity index (χ3n) is 3.42. The molecule has 1 N–H and O–H groups in total. The molecular weight excluding hydrogens is 334 g/mol. The van der Waals surface area contributed by atoms with Crippen LogP contribution in [-0.4, -0.2) is 10.8 Å². The Morgan fingerprint density at radius 1 is 1.12 bits per heavy atom. The van der Waals surface area contributed by atoms with Crippen molar-refractivity contribution in [3.05, 3.63) is 82.1 Å². The number of halogens is 2. The van der Waals surface area contributed by atoms with Crippen LogP contribution in [0.15, 0.2) is 59.2 Å². The Morgan fingerprint density at radius 2 is 1.92 bits per heavy atom. The highest BCUT2D eigenvalue weighted by Gasteiger charge is 2.22. The molecule has 0 aliphatic carbocycles. The second-order valence-electron chi connectivity index (χ2n) is 5.04. The number of amides is 1. The van der Waals surface area contributed by atoms with Gasteiger partial charge in [-0.1, -0.05) is 0 Å². The average molecular weight is 344 g/mol. The van der Waals surface area contributed by atoms with Gasteiger partial charge in [-0.2, -0.15) is 0 Å². The van der Waals surface area contributed by atoms with Gasteiger partial charge in [-0.05, 0) is 42.5 Å². The number of nitrogens with zero attached hydrogens (tertiary/aromatic N) is 1. The van der Waals surface area contributed by atoms with Gasteiger partial charge in [-0.3, -0.25) is 14.9 Å². The number of nitro benzene ring substituents is 1. The maximum atomic E-state index is 14.0. The van der Waals surface area contributed by atoms with Crippen LogP contribution in [0.5, 0.6) is 0 Å². The van der Waals surface area contributed by atoms with Crippen LogP contribution in [0.1, 0.15) is 10.4 Å². The van der Waals surface area contributed by atoms with Crippen LogP contribution < -0.4 is 5.32 Å². The molecular formula is C17H10F2N2O4. The highest BCUT2D eigenvalue weighted by Crippen LogP contribution is 2.27. The maximum absolute atomic E-state index is 14.0. The molecule has 0 atom stereocenters. The second-order valence-corrected chi connectivity index (χ2v) is 5.04. The molecule has 2 aromatic carbocycles. The van der Waals surface area contributed by atoms with Crippen LogP contribution >= 0.6 is 0 Å². The summed E-state index contributed by atoms with van der Waals surface area (Å²) in [7, 11) is 0. The van der Waals surface area contributed by atoms with Crippen molar-refractivity contribution in [3.63, 3.8) is 0 Å². The van der Waals surface area contributed by atoms with Crippen molar-refractivity contribution in [2.45, 2.75) is 0 Å². The zero-order valence-corrected chi connectivity index (χ0v) is 12.5. The van der Waals surface area contributed by atoms with Crippen molar-refractivity contribution in [2.75, 3.05) is 5.32 Å². The molecule has 0 bridgehead atoms. The van der Waals surface area contributed by atoms with Gasteiger partial charge in [0.15, 0.2) is 0 Å². The Balaban J connectivity index is 1.94. The molecule has 6 nitrogen and oxygen atoms in total. The Labute approximate surface area is 139 Å². The largest absolute Gasteiger partial charge is 0.464 e. The summed E-state index contributed by atoms with van der Waals surface area (Å²) in [5.41, 5.74) is -0.762. The molecule has 25 heavy (non-hydrogen) atoms. The summed E-state index contributed by atoms with van der Waals surface area (Å²) in [5, 5.41) is 13.2. The Hall–Kier alpha value is -3.55. The normalized spacial score (nSPS) is 10.5. The number of rotatable bonds is 4. The molecule has 0 radical (unpaired) electrons. The lowest BCUT2D eigenvalue weighted by Crippen LogP contribution is -2.15. The Morgan fingerprint density at radius 3 is 2.60 bits per heavy atom. The average Bonchev–Trinajstić information content (AvgIpc) is 3.11. The predicted molar refractivity (Wildman–Crippen MR) is 85.1 cm³/mol. The molecule has 0 unspecified atom stereocenters. The number of anilines is 1. The number of nitro groups is 1. The van der Waals surface area contributed by atoms with Crippen LogP contribution in [0.3, 0.4) is 0 Å². The molecule has 0 fully saturated rings. The summed E-state index contributed by atoms with van der Waals surface area (Å²) in [5.74, 6) is -2.05. The predicted octanol–water partition coefficient (Wildman–Crippen LogP) is 4.39. The smallest absolute Gasteiger partial charge is 0.285 e. The van der Waals surface area contributed by atoms with E-state index in [0.717, 1.165) is 18.2 Å². The van der Waals surface area contributed by atoms with E-state index in [9.17, 15) is 23.7 Å². The van der Waals surface area contributed by atoms with Gasteiger partial charge in [0, 0.05) is 5.56 Å². The first-order valence-corrected chi connectivity index (χ1v) is 7.04. The minimum atomic E-state index is -0.929. The summed E-state index contributed by atoms with van der Waals surface area (Å²) in [6.07, 6.45) is 1.44.